The topological polar surface area (TPSA) is 67.9 Å². The SMILES string of the molecule is CN1CC[C@@H](Oc2cc(NS(=O)(=O)c3cc(-c4ccc(Oc5ccccc5)cc4)c(Cl)s3)ccc2Cl)C1. The van der Waals surface area contributed by atoms with Crippen LogP contribution in [0.3, 0.4) is 0 Å². The van der Waals surface area contributed by atoms with Crippen LogP contribution in [0.1, 0.15) is 6.42 Å². The Morgan fingerprint density at radius 2 is 1.70 bits per heavy atom. The van der Waals surface area contributed by atoms with Crippen molar-refractivity contribution in [2.45, 2.75) is 16.7 Å². The van der Waals surface area contributed by atoms with Crippen LogP contribution in [0.5, 0.6) is 17.2 Å². The zero-order valence-electron chi connectivity index (χ0n) is 19.9. The van der Waals surface area contributed by atoms with Gasteiger partial charge in [-0.2, -0.15) is 0 Å². The van der Waals surface area contributed by atoms with Gasteiger partial charge in [0, 0.05) is 24.7 Å². The van der Waals surface area contributed by atoms with E-state index in [0.717, 1.165) is 42.2 Å². The molecule has 192 valence electrons. The number of para-hydroxylation sites is 1. The summed E-state index contributed by atoms with van der Waals surface area (Å²) in [6, 6.07) is 23.2. The molecule has 37 heavy (non-hydrogen) atoms. The molecule has 0 unspecified atom stereocenters. The largest absolute Gasteiger partial charge is 0.487 e. The first kappa shape index (κ1) is 25.9. The summed E-state index contributed by atoms with van der Waals surface area (Å²) in [6.07, 6.45) is 0.899. The number of hydrogen-bond donors (Lipinski definition) is 1. The van der Waals surface area contributed by atoms with Gasteiger partial charge in [-0.1, -0.05) is 53.5 Å². The Morgan fingerprint density at radius 1 is 0.973 bits per heavy atom. The molecule has 0 radical (unpaired) electrons. The molecule has 3 aromatic carbocycles. The molecular weight excluding hydrogens is 551 g/mol. The van der Waals surface area contributed by atoms with Crippen molar-refractivity contribution in [1.29, 1.82) is 0 Å². The molecule has 4 aromatic rings. The summed E-state index contributed by atoms with van der Waals surface area (Å²) in [4.78, 5) is 2.17. The van der Waals surface area contributed by atoms with E-state index in [-0.39, 0.29) is 10.3 Å². The van der Waals surface area contributed by atoms with Crippen molar-refractivity contribution in [3.05, 3.63) is 88.2 Å². The van der Waals surface area contributed by atoms with Crippen LogP contribution < -0.4 is 14.2 Å². The number of likely N-dealkylation sites (tertiary alicyclic amines) is 1. The molecule has 1 aromatic heterocycles. The van der Waals surface area contributed by atoms with E-state index in [1.807, 2.05) is 61.6 Å². The number of hydrogen-bond acceptors (Lipinski definition) is 6. The fourth-order valence-corrected chi connectivity index (χ4v) is 7.01. The van der Waals surface area contributed by atoms with Gasteiger partial charge in [0.25, 0.3) is 10.0 Å². The summed E-state index contributed by atoms with van der Waals surface area (Å²) in [5.41, 5.74) is 1.77. The van der Waals surface area contributed by atoms with E-state index in [0.29, 0.717) is 32.1 Å². The number of rotatable bonds is 8. The molecule has 0 amide bonds. The second-order valence-corrected chi connectivity index (χ2v) is 12.7. The van der Waals surface area contributed by atoms with E-state index in [1.165, 1.54) is 0 Å². The van der Waals surface area contributed by atoms with E-state index in [1.54, 1.807) is 24.3 Å². The highest BCUT2D eigenvalue weighted by Gasteiger charge is 2.24. The first-order valence-electron chi connectivity index (χ1n) is 11.6. The van der Waals surface area contributed by atoms with E-state index < -0.39 is 10.0 Å². The fourth-order valence-electron chi connectivity index (χ4n) is 4.04. The number of nitrogens with one attached hydrogen (secondary N) is 1. The van der Waals surface area contributed by atoms with Crippen LogP contribution >= 0.6 is 34.5 Å². The number of thiophene rings is 1. The van der Waals surface area contributed by atoms with Crippen LogP contribution in [0.2, 0.25) is 9.36 Å². The lowest BCUT2D eigenvalue weighted by molar-refractivity contribution is 0.208. The van der Waals surface area contributed by atoms with Crippen molar-refractivity contribution >= 4 is 50.2 Å². The highest BCUT2D eigenvalue weighted by Crippen LogP contribution is 2.39. The summed E-state index contributed by atoms with van der Waals surface area (Å²) in [5, 5.41) is 0.429. The van der Waals surface area contributed by atoms with Gasteiger partial charge in [-0.05, 0) is 61.5 Å². The average molecular weight is 576 g/mol. The molecule has 10 heteroatoms. The van der Waals surface area contributed by atoms with Crippen LogP contribution in [0.15, 0.2) is 83.1 Å². The molecule has 2 heterocycles. The Kier molecular flexibility index (Phi) is 7.65. The van der Waals surface area contributed by atoms with Crippen molar-refractivity contribution in [2.75, 3.05) is 24.9 Å². The first-order chi connectivity index (χ1) is 17.8. The van der Waals surface area contributed by atoms with Crippen LogP contribution in [0, 0.1) is 0 Å². The van der Waals surface area contributed by atoms with Crippen molar-refractivity contribution in [1.82, 2.24) is 4.90 Å². The number of ether oxygens (including phenoxy) is 2. The highest BCUT2D eigenvalue weighted by atomic mass is 35.5. The quantitative estimate of drug-likeness (QED) is 0.237. The molecule has 1 aliphatic rings. The molecule has 0 aliphatic carbocycles. The summed E-state index contributed by atoms with van der Waals surface area (Å²) in [6.45, 7) is 1.74. The Morgan fingerprint density at radius 3 is 2.41 bits per heavy atom. The highest BCUT2D eigenvalue weighted by molar-refractivity contribution is 7.94. The molecule has 5 rings (SSSR count). The van der Waals surface area contributed by atoms with Crippen LogP contribution in [0.4, 0.5) is 5.69 Å². The Balaban J connectivity index is 1.32. The van der Waals surface area contributed by atoms with Crippen LogP contribution in [-0.2, 0) is 10.0 Å². The normalized spacial score (nSPS) is 16.0. The number of likely N-dealkylation sites (N-methyl/N-ethyl adjacent to an activating group) is 1. The predicted octanol–water partition coefficient (Wildman–Crippen LogP) is 7.40. The Bertz CT molecular complexity index is 1490. The summed E-state index contributed by atoms with van der Waals surface area (Å²) in [5.74, 6) is 1.85. The van der Waals surface area contributed by atoms with Gasteiger partial charge in [0.15, 0.2) is 0 Å². The Labute approximate surface area is 230 Å². The molecule has 0 spiro atoms. The van der Waals surface area contributed by atoms with E-state index in [4.69, 9.17) is 32.7 Å². The summed E-state index contributed by atoms with van der Waals surface area (Å²) >= 11 is 13.8. The minimum atomic E-state index is -3.88. The maximum atomic E-state index is 13.2. The monoisotopic (exact) mass is 574 g/mol. The van der Waals surface area contributed by atoms with Crippen molar-refractivity contribution in [3.63, 3.8) is 0 Å². The number of nitrogens with zero attached hydrogens (tertiary/aromatic N) is 1. The predicted molar refractivity (Wildman–Crippen MR) is 150 cm³/mol. The summed E-state index contributed by atoms with van der Waals surface area (Å²) in [7, 11) is -1.85. The third kappa shape index (κ3) is 6.22. The van der Waals surface area contributed by atoms with Crippen LogP contribution in [0.25, 0.3) is 11.1 Å². The molecule has 1 N–H and O–H groups in total. The van der Waals surface area contributed by atoms with E-state index in [9.17, 15) is 8.42 Å². The molecule has 0 saturated carbocycles. The van der Waals surface area contributed by atoms with Crippen molar-refractivity contribution < 1.29 is 17.9 Å². The maximum Gasteiger partial charge on any atom is 0.271 e. The fraction of sp³-hybridized carbons (Fsp3) is 0.185. The maximum absolute atomic E-state index is 13.2. The lowest BCUT2D eigenvalue weighted by Crippen LogP contribution is -2.21. The zero-order chi connectivity index (χ0) is 26.0. The standard InChI is InChI=1S/C27H24Cl2N2O4S2/c1-31-14-13-22(17-31)35-25-15-19(9-12-24(25)28)30-37(32,33)26-16-23(27(29)36-26)18-7-10-21(11-8-18)34-20-5-3-2-4-6-20/h2-12,15-16,22,30H,13-14,17H2,1H3/t22-/m1/s1. The second-order valence-electron chi connectivity index (χ2n) is 8.73. The number of sulfonamides is 1. The van der Waals surface area contributed by atoms with Gasteiger partial charge in [0.1, 0.15) is 31.9 Å². The van der Waals surface area contributed by atoms with E-state index >= 15 is 0 Å². The van der Waals surface area contributed by atoms with Gasteiger partial charge in [-0.3, -0.25) is 4.72 Å². The molecule has 1 atom stereocenters. The van der Waals surface area contributed by atoms with Gasteiger partial charge in [0.2, 0.25) is 0 Å². The minimum Gasteiger partial charge on any atom is -0.487 e. The molecule has 1 fully saturated rings. The van der Waals surface area contributed by atoms with Crippen molar-refractivity contribution in [3.8, 4) is 28.4 Å². The smallest absolute Gasteiger partial charge is 0.271 e. The van der Waals surface area contributed by atoms with Gasteiger partial charge >= 0.3 is 0 Å². The number of anilines is 1. The minimum absolute atomic E-state index is 0.0116. The number of halogens is 2. The first-order valence-corrected chi connectivity index (χ1v) is 14.6. The third-order valence-corrected chi connectivity index (χ3v) is 9.42. The zero-order valence-corrected chi connectivity index (χ0v) is 23.0. The second kappa shape index (κ2) is 10.9. The molecular formula is C27H24Cl2N2O4S2. The lowest BCUT2D eigenvalue weighted by atomic mass is 10.1. The lowest BCUT2D eigenvalue weighted by Gasteiger charge is -2.16. The van der Waals surface area contributed by atoms with E-state index in [2.05, 4.69) is 9.62 Å². The third-order valence-electron chi connectivity index (χ3n) is 5.90. The molecule has 0 bridgehead atoms. The average Bonchev–Trinajstić information content (AvgIpc) is 3.48. The summed E-state index contributed by atoms with van der Waals surface area (Å²) < 4.78 is 41.3. The van der Waals surface area contributed by atoms with Gasteiger partial charge in [-0.15, -0.1) is 11.3 Å². The van der Waals surface area contributed by atoms with Gasteiger partial charge < -0.3 is 14.4 Å². The Hall–Kier alpha value is -2.75. The molecule has 6 nitrogen and oxygen atoms in total. The van der Waals surface area contributed by atoms with Crippen molar-refractivity contribution in [2.24, 2.45) is 0 Å². The molecule has 1 aliphatic heterocycles. The van der Waals surface area contributed by atoms with Crippen LogP contribution in [-0.4, -0.2) is 39.6 Å². The number of benzene rings is 3. The molecule has 1 saturated heterocycles. The van der Waals surface area contributed by atoms with Gasteiger partial charge in [0.05, 0.1) is 10.7 Å². The van der Waals surface area contributed by atoms with Gasteiger partial charge in [-0.25, -0.2) is 8.42 Å².